The number of anilines is 1. The van der Waals surface area contributed by atoms with Crippen molar-refractivity contribution in [2.45, 2.75) is 13.8 Å². The fraction of sp³-hybridized carbons (Fsp3) is 0.111. The number of hydrogen-bond donors (Lipinski definition) is 1. The maximum absolute atomic E-state index is 12.2. The molecule has 0 aliphatic heterocycles. The highest BCUT2D eigenvalue weighted by Gasteiger charge is 2.10. The van der Waals surface area contributed by atoms with Crippen molar-refractivity contribution in [1.82, 2.24) is 0 Å². The SMILES string of the molecule is Cc1ccc(C=C(C#N)C(=O)Nc2ccccc2C)cc1. The summed E-state index contributed by atoms with van der Waals surface area (Å²) in [4.78, 5) is 12.2. The van der Waals surface area contributed by atoms with Gasteiger partial charge in [0.25, 0.3) is 5.91 Å². The molecular formula is C18H16N2O. The normalized spacial score (nSPS) is 10.8. The summed E-state index contributed by atoms with van der Waals surface area (Å²) in [5, 5.41) is 11.9. The van der Waals surface area contributed by atoms with Crippen molar-refractivity contribution in [2.75, 3.05) is 5.32 Å². The Hall–Kier alpha value is -2.86. The molecule has 0 aromatic heterocycles. The molecule has 104 valence electrons. The Kier molecular flexibility index (Phi) is 4.53. The van der Waals surface area contributed by atoms with Crippen LogP contribution in [-0.4, -0.2) is 5.91 Å². The van der Waals surface area contributed by atoms with Crippen molar-refractivity contribution in [3.63, 3.8) is 0 Å². The van der Waals surface area contributed by atoms with Crippen LogP contribution in [-0.2, 0) is 4.79 Å². The Labute approximate surface area is 124 Å². The highest BCUT2D eigenvalue weighted by Crippen LogP contribution is 2.15. The third-order valence-corrected chi connectivity index (χ3v) is 3.15. The molecular weight excluding hydrogens is 260 g/mol. The van der Waals surface area contributed by atoms with Crippen LogP contribution in [0.15, 0.2) is 54.1 Å². The van der Waals surface area contributed by atoms with E-state index in [0.29, 0.717) is 5.69 Å². The minimum absolute atomic E-state index is 0.0853. The van der Waals surface area contributed by atoms with Crippen LogP contribution in [0, 0.1) is 25.2 Å². The summed E-state index contributed by atoms with van der Waals surface area (Å²) >= 11 is 0. The number of amides is 1. The maximum Gasteiger partial charge on any atom is 0.266 e. The van der Waals surface area contributed by atoms with Crippen molar-refractivity contribution >= 4 is 17.7 Å². The van der Waals surface area contributed by atoms with Crippen LogP contribution in [0.1, 0.15) is 16.7 Å². The van der Waals surface area contributed by atoms with Crippen LogP contribution >= 0.6 is 0 Å². The van der Waals surface area contributed by atoms with Gasteiger partial charge in [0.2, 0.25) is 0 Å². The number of carbonyl (C=O) groups is 1. The first-order valence-electron chi connectivity index (χ1n) is 6.65. The fourth-order valence-electron chi connectivity index (χ4n) is 1.88. The largest absolute Gasteiger partial charge is 0.321 e. The van der Waals surface area contributed by atoms with Gasteiger partial charge in [-0.25, -0.2) is 0 Å². The molecule has 0 saturated carbocycles. The topological polar surface area (TPSA) is 52.9 Å². The average Bonchev–Trinajstić information content (AvgIpc) is 2.49. The summed E-state index contributed by atoms with van der Waals surface area (Å²) in [6.45, 7) is 3.90. The Bertz CT molecular complexity index is 722. The molecule has 0 unspecified atom stereocenters. The molecule has 0 fully saturated rings. The average molecular weight is 276 g/mol. The van der Waals surface area contributed by atoms with Gasteiger partial charge in [-0.15, -0.1) is 0 Å². The molecule has 0 spiro atoms. The number of nitriles is 1. The number of carbonyl (C=O) groups excluding carboxylic acids is 1. The van der Waals surface area contributed by atoms with E-state index in [1.165, 1.54) is 0 Å². The van der Waals surface area contributed by atoms with Crippen molar-refractivity contribution in [2.24, 2.45) is 0 Å². The number of nitrogens with one attached hydrogen (secondary N) is 1. The molecule has 0 heterocycles. The molecule has 2 aromatic rings. The second kappa shape index (κ2) is 6.53. The first-order chi connectivity index (χ1) is 10.1. The lowest BCUT2D eigenvalue weighted by molar-refractivity contribution is -0.112. The zero-order valence-electron chi connectivity index (χ0n) is 12.1. The van der Waals surface area contributed by atoms with Gasteiger partial charge in [0.05, 0.1) is 0 Å². The lowest BCUT2D eigenvalue weighted by Crippen LogP contribution is -2.14. The number of para-hydroxylation sites is 1. The Morgan fingerprint density at radius 3 is 2.38 bits per heavy atom. The molecule has 0 atom stereocenters. The van der Waals surface area contributed by atoms with E-state index in [-0.39, 0.29) is 5.57 Å². The molecule has 0 saturated heterocycles. The van der Waals surface area contributed by atoms with Gasteiger partial charge in [0, 0.05) is 5.69 Å². The van der Waals surface area contributed by atoms with Crippen molar-refractivity contribution in [3.05, 3.63) is 70.8 Å². The van der Waals surface area contributed by atoms with Crippen molar-refractivity contribution in [1.29, 1.82) is 5.26 Å². The maximum atomic E-state index is 12.2. The Morgan fingerprint density at radius 1 is 1.10 bits per heavy atom. The van der Waals surface area contributed by atoms with Crippen molar-refractivity contribution in [3.8, 4) is 6.07 Å². The highest BCUT2D eigenvalue weighted by molar-refractivity contribution is 6.09. The standard InChI is InChI=1S/C18H16N2O/c1-13-7-9-15(10-8-13)11-16(12-19)18(21)20-17-6-4-3-5-14(17)2/h3-11H,1-2H3,(H,20,21). The minimum atomic E-state index is -0.396. The van der Waals surface area contributed by atoms with Crippen LogP contribution in [0.4, 0.5) is 5.69 Å². The van der Waals surface area contributed by atoms with E-state index in [0.717, 1.165) is 16.7 Å². The highest BCUT2D eigenvalue weighted by atomic mass is 16.1. The molecule has 3 heteroatoms. The Balaban J connectivity index is 2.21. The van der Waals surface area contributed by atoms with Crippen LogP contribution in [0.5, 0.6) is 0 Å². The van der Waals surface area contributed by atoms with E-state index < -0.39 is 5.91 Å². The molecule has 0 bridgehead atoms. The number of nitrogens with zero attached hydrogens (tertiary/aromatic N) is 1. The first kappa shape index (κ1) is 14.5. The number of aryl methyl sites for hydroxylation is 2. The van der Waals surface area contributed by atoms with E-state index >= 15 is 0 Å². The van der Waals surface area contributed by atoms with E-state index in [1.54, 1.807) is 6.08 Å². The molecule has 0 aliphatic rings. The number of benzene rings is 2. The van der Waals surface area contributed by atoms with Crippen molar-refractivity contribution < 1.29 is 4.79 Å². The minimum Gasteiger partial charge on any atom is -0.321 e. The third kappa shape index (κ3) is 3.80. The summed E-state index contributed by atoms with van der Waals surface area (Å²) in [5.74, 6) is -0.396. The van der Waals surface area contributed by atoms with E-state index in [1.807, 2.05) is 68.4 Å². The molecule has 0 radical (unpaired) electrons. The fourth-order valence-corrected chi connectivity index (χ4v) is 1.88. The molecule has 2 rings (SSSR count). The van der Waals surface area contributed by atoms with Gasteiger partial charge < -0.3 is 5.32 Å². The molecule has 1 N–H and O–H groups in total. The second-order valence-electron chi connectivity index (χ2n) is 4.85. The van der Waals surface area contributed by atoms with E-state index in [2.05, 4.69) is 5.32 Å². The quantitative estimate of drug-likeness (QED) is 0.684. The summed E-state index contributed by atoms with van der Waals surface area (Å²) in [7, 11) is 0. The summed E-state index contributed by atoms with van der Waals surface area (Å²) in [6.07, 6.45) is 1.59. The van der Waals surface area contributed by atoms with Gasteiger partial charge in [-0.3, -0.25) is 4.79 Å². The molecule has 2 aromatic carbocycles. The van der Waals surface area contributed by atoms with Crippen LogP contribution in [0.25, 0.3) is 6.08 Å². The van der Waals surface area contributed by atoms with Crippen LogP contribution in [0.3, 0.4) is 0 Å². The summed E-state index contributed by atoms with van der Waals surface area (Å²) in [5.41, 5.74) is 3.72. The lowest BCUT2D eigenvalue weighted by atomic mass is 10.1. The summed E-state index contributed by atoms with van der Waals surface area (Å²) < 4.78 is 0. The van der Waals surface area contributed by atoms with Gasteiger partial charge in [-0.05, 0) is 37.1 Å². The number of hydrogen-bond acceptors (Lipinski definition) is 2. The third-order valence-electron chi connectivity index (χ3n) is 3.15. The monoisotopic (exact) mass is 276 g/mol. The zero-order valence-corrected chi connectivity index (χ0v) is 12.1. The molecule has 3 nitrogen and oxygen atoms in total. The first-order valence-corrected chi connectivity index (χ1v) is 6.65. The molecule has 0 aliphatic carbocycles. The lowest BCUT2D eigenvalue weighted by Gasteiger charge is -2.07. The van der Waals surface area contributed by atoms with E-state index in [4.69, 9.17) is 0 Å². The van der Waals surface area contributed by atoms with Gasteiger partial charge >= 0.3 is 0 Å². The summed E-state index contributed by atoms with van der Waals surface area (Å²) in [6, 6.07) is 17.1. The van der Waals surface area contributed by atoms with Gasteiger partial charge in [0.15, 0.2) is 0 Å². The Morgan fingerprint density at radius 2 is 1.76 bits per heavy atom. The molecule has 21 heavy (non-hydrogen) atoms. The van der Waals surface area contributed by atoms with Gasteiger partial charge in [0.1, 0.15) is 11.6 Å². The molecule has 1 amide bonds. The van der Waals surface area contributed by atoms with Crippen LogP contribution < -0.4 is 5.32 Å². The second-order valence-corrected chi connectivity index (χ2v) is 4.85. The predicted octanol–water partition coefficient (Wildman–Crippen LogP) is 3.85. The van der Waals surface area contributed by atoms with Gasteiger partial charge in [-0.1, -0.05) is 48.0 Å². The van der Waals surface area contributed by atoms with E-state index in [9.17, 15) is 10.1 Å². The van der Waals surface area contributed by atoms with Crippen LogP contribution in [0.2, 0.25) is 0 Å². The smallest absolute Gasteiger partial charge is 0.266 e. The van der Waals surface area contributed by atoms with Gasteiger partial charge in [-0.2, -0.15) is 5.26 Å². The zero-order chi connectivity index (χ0) is 15.2. The number of rotatable bonds is 3. The predicted molar refractivity (Wildman–Crippen MR) is 84.6 cm³/mol.